The van der Waals surface area contributed by atoms with Gasteiger partial charge >= 0.3 is 0 Å². The first-order valence-corrected chi connectivity index (χ1v) is 13.1. The summed E-state index contributed by atoms with van der Waals surface area (Å²) < 4.78 is 16.6. The van der Waals surface area contributed by atoms with Gasteiger partial charge in [0.15, 0.2) is 0 Å². The fourth-order valence-corrected chi connectivity index (χ4v) is 4.95. The fraction of sp³-hybridized carbons (Fsp3) is 0.400. The van der Waals surface area contributed by atoms with Crippen molar-refractivity contribution in [1.82, 2.24) is 9.80 Å². The van der Waals surface area contributed by atoms with E-state index in [1.165, 1.54) is 0 Å². The Hall–Kier alpha value is -3.62. The van der Waals surface area contributed by atoms with Crippen LogP contribution in [0.4, 0.5) is 0 Å². The SMILES string of the molecule is C=CCOc1ccc(C2C(=C(O)c3ccc(OCC)cc3C)C(=O)C(=O)N2CCCN2CCOCC2)cc1. The first-order chi connectivity index (χ1) is 18.4. The third-order valence-corrected chi connectivity index (χ3v) is 6.84. The number of carbonyl (C=O) groups excluding carboxylic acids is 2. The van der Waals surface area contributed by atoms with Crippen molar-refractivity contribution in [1.29, 1.82) is 0 Å². The number of likely N-dealkylation sites (tertiary alicyclic amines) is 1. The molecule has 1 unspecified atom stereocenters. The number of hydrogen-bond acceptors (Lipinski definition) is 7. The summed E-state index contributed by atoms with van der Waals surface area (Å²) in [6, 6.07) is 11.9. The van der Waals surface area contributed by atoms with Crippen molar-refractivity contribution >= 4 is 17.4 Å². The summed E-state index contributed by atoms with van der Waals surface area (Å²) >= 11 is 0. The van der Waals surface area contributed by atoms with E-state index < -0.39 is 17.7 Å². The normalized spacial score (nSPS) is 19.5. The Balaban J connectivity index is 1.68. The van der Waals surface area contributed by atoms with Gasteiger partial charge in [0.2, 0.25) is 0 Å². The molecule has 2 saturated heterocycles. The number of rotatable bonds is 11. The highest BCUT2D eigenvalue weighted by molar-refractivity contribution is 6.46. The minimum atomic E-state index is -0.709. The zero-order chi connectivity index (χ0) is 27.1. The minimum Gasteiger partial charge on any atom is -0.507 e. The highest BCUT2D eigenvalue weighted by Crippen LogP contribution is 2.40. The largest absolute Gasteiger partial charge is 0.507 e. The standard InChI is InChI=1S/C30H36N2O6/c1-4-17-38-23-9-7-22(8-10-23)27-26(28(33)25-12-11-24(37-5-2)20-21(25)3)29(34)30(35)32(27)14-6-13-31-15-18-36-19-16-31/h4,7-12,20,27,33H,1,5-6,13-19H2,2-3H3. The summed E-state index contributed by atoms with van der Waals surface area (Å²) in [4.78, 5) is 30.5. The van der Waals surface area contributed by atoms with E-state index in [0.29, 0.717) is 56.5 Å². The number of nitrogens with zero attached hydrogens (tertiary/aromatic N) is 2. The molecule has 202 valence electrons. The zero-order valence-electron chi connectivity index (χ0n) is 22.2. The molecular weight excluding hydrogens is 484 g/mol. The number of ether oxygens (including phenoxy) is 3. The molecule has 0 aliphatic carbocycles. The van der Waals surface area contributed by atoms with E-state index in [1.54, 1.807) is 35.2 Å². The molecule has 1 amide bonds. The molecule has 8 heteroatoms. The molecule has 1 atom stereocenters. The van der Waals surface area contributed by atoms with Crippen LogP contribution in [0.25, 0.3) is 5.76 Å². The number of aliphatic hydroxyl groups is 1. The number of benzene rings is 2. The second-order valence-electron chi connectivity index (χ2n) is 9.38. The molecule has 2 aliphatic heterocycles. The van der Waals surface area contributed by atoms with Gasteiger partial charge in [-0.3, -0.25) is 14.5 Å². The molecule has 0 spiro atoms. The Kier molecular flexibility index (Phi) is 9.20. The lowest BCUT2D eigenvalue weighted by Gasteiger charge is -2.29. The average Bonchev–Trinajstić information content (AvgIpc) is 3.18. The van der Waals surface area contributed by atoms with Crippen molar-refractivity contribution < 1.29 is 28.9 Å². The molecule has 2 aliphatic rings. The Morgan fingerprint density at radius 2 is 1.79 bits per heavy atom. The van der Waals surface area contributed by atoms with Crippen LogP contribution in [-0.4, -0.2) is 79.2 Å². The number of Topliss-reactive ketones (excluding diaryl/α,β-unsaturated/α-hetero) is 1. The van der Waals surface area contributed by atoms with Gasteiger partial charge < -0.3 is 24.2 Å². The van der Waals surface area contributed by atoms with Crippen LogP contribution in [0.5, 0.6) is 11.5 Å². The van der Waals surface area contributed by atoms with Gasteiger partial charge in [0.25, 0.3) is 11.7 Å². The van der Waals surface area contributed by atoms with Crippen molar-refractivity contribution in [3.63, 3.8) is 0 Å². The number of carbonyl (C=O) groups is 2. The molecule has 2 fully saturated rings. The van der Waals surface area contributed by atoms with E-state index in [9.17, 15) is 14.7 Å². The van der Waals surface area contributed by atoms with Gasteiger partial charge in [0, 0.05) is 31.7 Å². The van der Waals surface area contributed by atoms with Crippen LogP contribution in [0.3, 0.4) is 0 Å². The van der Waals surface area contributed by atoms with E-state index in [0.717, 1.165) is 30.8 Å². The van der Waals surface area contributed by atoms with Gasteiger partial charge in [-0.15, -0.1) is 0 Å². The Morgan fingerprint density at radius 1 is 1.08 bits per heavy atom. The highest BCUT2D eigenvalue weighted by atomic mass is 16.5. The minimum absolute atomic E-state index is 0.0911. The zero-order valence-corrected chi connectivity index (χ0v) is 22.2. The molecule has 38 heavy (non-hydrogen) atoms. The molecule has 2 aromatic carbocycles. The summed E-state index contributed by atoms with van der Waals surface area (Å²) in [6.07, 6.45) is 2.36. The van der Waals surface area contributed by atoms with E-state index in [1.807, 2.05) is 32.0 Å². The molecule has 2 heterocycles. The van der Waals surface area contributed by atoms with Crippen LogP contribution in [0.1, 0.15) is 36.1 Å². The lowest BCUT2D eigenvalue weighted by molar-refractivity contribution is -0.140. The van der Waals surface area contributed by atoms with E-state index in [-0.39, 0.29) is 11.3 Å². The summed E-state index contributed by atoms with van der Waals surface area (Å²) in [5, 5.41) is 11.4. The van der Waals surface area contributed by atoms with Crippen molar-refractivity contribution in [3.05, 3.63) is 77.4 Å². The summed E-state index contributed by atoms with van der Waals surface area (Å²) in [7, 11) is 0. The monoisotopic (exact) mass is 520 g/mol. The smallest absolute Gasteiger partial charge is 0.295 e. The van der Waals surface area contributed by atoms with Crippen LogP contribution in [0, 0.1) is 6.92 Å². The van der Waals surface area contributed by atoms with Gasteiger partial charge in [-0.2, -0.15) is 0 Å². The number of hydrogen-bond donors (Lipinski definition) is 1. The van der Waals surface area contributed by atoms with Crippen LogP contribution < -0.4 is 9.47 Å². The number of aliphatic hydroxyl groups excluding tert-OH is 1. The molecule has 0 saturated carbocycles. The molecule has 2 aromatic rings. The van der Waals surface area contributed by atoms with Crippen molar-refractivity contribution in [2.24, 2.45) is 0 Å². The fourth-order valence-electron chi connectivity index (χ4n) is 4.95. The Labute approximate surface area is 224 Å². The van der Waals surface area contributed by atoms with Crippen molar-refractivity contribution in [2.45, 2.75) is 26.3 Å². The molecule has 1 N–H and O–H groups in total. The van der Waals surface area contributed by atoms with E-state index >= 15 is 0 Å². The lowest BCUT2D eigenvalue weighted by atomic mass is 9.93. The third-order valence-electron chi connectivity index (χ3n) is 6.84. The average molecular weight is 521 g/mol. The van der Waals surface area contributed by atoms with Crippen LogP contribution in [-0.2, 0) is 14.3 Å². The molecule has 0 aromatic heterocycles. The summed E-state index contributed by atoms with van der Waals surface area (Å²) in [5.74, 6) is -0.137. The van der Waals surface area contributed by atoms with E-state index in [2.05, 4.69) is 11.5 Å². The van der Waals surface area contributed by atoms with Gasteiger partial charge in [-0.25, -0.2) is 0 Å². The maximum atomic E-state index is 13.4. The number of ketones is 1. The van der Waals surface area contributed by atoms with Gasteiger partial charge in [0.1, 0.15) is 23.9 Å². The summed E-state index contributed by atoms with van der Waals surface area (Å²) in [6.45, 7) is 12.6. The summed E-state index contributed by atoms with van der Waals surface area (Å²) in [5.41, 5.74) is 2.06. The topological polar surface area (TPSA) is 88.5 Å². The third kappa shape index (κ3) is 6.09. The second kappa shape index (κ2) is 12.8. The van der Waals surface area contributed by atoms with E-state index in [4.69, 9.17) is 14.2 Å². The quantitative estimate of drug-likeness (QED) is 0.207. The maximum absolute atomic E-state index is 13.4. The first-order valence-electron chi connectivity index (χ1n) is 13.1. The van der Waals surface area contributed by atoms with Crippen molar-refractivity contribution in [2.75, 3.05) is 52.6 Å². The molecule has 8 nitrogen and oxygen atoms in total. The number of amides is 1. The molecule has 0 radical (unpaired) electrons. The van der Waals surface area contributed by atoms with Crippen LogP contribution >= 0.6 is 0 Å². The van der Waals surface area contributed by atoms with Gasteiger partial charge in [-0.1, -0.05) is 24.8 Å². The maximum Gasteiger partial charge on any atom is 0.295 e. The van der Waals surface area contributed by atoms with Gasteiger partial charge in [-0.05, 0) is 61.7 Å². The molecular formula is C30H36N2O6. The first kappa shape index (κ1) is 27.4. The Bertz CT molecular complexity index is 1180. The number of morpholine rings is 1. The molecule has 4 rings (SSSR count). The lowest BCUT2D eigenvalue weighted by Crippen LogP contribution is -2.38. The predicted octanol–water partition coefficient (Wildman–Crippen LogP) is 4.10. The van der Waals surface area contributed by atoms with Crippen molar-refractivity contribution in [3.8, 4) is 11.5 Å². The number of aryl methyl sites for hydroxylation is 1. The van der Waals surface area contributed by atoms with Gasteiger partial charge in [0.05, 0.1) is 31.4 Å². The Morgan fingerprint density at radius 3 is 2.45 bits per heavy atom. The highest BCUT2D eigenvalue weighted by Gasteiger charge is 2.46. The van der Waals surface area contributed by atoms with Crippen LogP contribution in [0.2, 0.25) is 0 Å². The molecule has 0 bridgehead atoms. The predicted molar refractivity (Wildman–Crippen MR) is 145 cm³/mol. The van der Waals surface area contributed by atoms with Crippen LogP contribution in [0.15, 0.2) is 60.7 Å². The second-order valence-corrected chi connectivity index (χ2v) is 9.38.